The predicted molar refractivity (Wildman–Crippen MR) is 156 cm³/mol. The van der Waals surface area contributed by atoms with Crippen LogP contribution in [0.15, 0.2) is 97.1 Å². The van der Waals surface area contributed by atoms with Crippen molar-refractivity contribution in [3.8, 4) is 22.6 Å². The summed E-state index contributed by atoms with van der Waals surface area (Å²) < 4.78 is 14.0. The quantitative estimate of drug-likeness (QED) is 0.197. The second-order valence-electron chi connectivity index (χ2n) is 9.39. The van der Waals surface area contributed by atoms with Gasteiger partial charge in [-0.25, -0.2) is 4.39 Å². The van der Waals surface area contributed by atoms with E-state index in [9.17, 15) is 19.7 Å². The minimum atomic E-state index is -0.684. The Hall–Kier alpha value is -3.39. The van der Waals surface area contributed by atoms with Crippen LogP contribution in [0.5, 0.6) is 11.5 Å². The van der Waals surface area contributed by atoms with E-state index in [1.165, 1.54) is 18.2 Å². The van der Waals surface area contributed by atoms with Crippen LogP contribution in [0.2, 0.25) is 0 Å². The Bertz CT molecular complexity index is 1400. The Labute approximate surface area is 231 Å². The first-order valence-electron chi connectivity index (χ1n) is 12.5. The van der Waals surface area contributed by atoms with E-state index in [0.29, 0.717) is 21.9 Å². The molecule has 0 amide bonds. The van der Waals surface area contributed by atoms with Crippen molar-refractivity contribution in [1.29, 1.82) is 0 Å². The van der Waals surface area contributed by atoms with Gasteiger partial charge in [0.25, 0.3) is 0 Å². The van der Waals surface area contributed by atoms with Crippen molar-refractivity contribution in [3.63, 3.8) is 0 Å². The third-order valence-electron chi connectivity index (χ3n) is 6.89. The summed E-state index contributed by atoms with van der Waals surface area (Å²) in [6.07, 6.45) is 1.30. The maximum atomic E-state index is 13.3. The fourth-order valence-electron chi connectivity index (χ4n) is 4.94. The van der Waals surface area contributed by atoms with E-state index in [0.717, 1.165) is 29.7 Å². The van der Waals surface area contributed by atoms with E-state index in [1.54, 1.807) is 36.0 Å². The molecule has 3 atom stereocenters. The van der Waals surface area contributed by atoms with Crippen LogP contribution in [-0.2, 0) is 0 Å². The zero-order chi connectivity index (χ0) is 26.6. The number of halogens is 1. The van der Waals surface area contributed by atoms with Gasteiger partial charge in [-0.15, -0.1) is 0 Å². The van der Waals surface area contributed by atoms with Gasteiger partial charge in [-0.05, 0) is 72.4 Å². The molecule has 1 aliphatic heterocycles. The van der Waals surface area contributed by atoms with Crippen molar-refractivity contribution in [1.82, 2.24) is 0 Å². The topological polar surface area (TPSA) is 63.9 Å². The monoisotopic (exact) mass is 545 g/mol. The summed E-state index contributed by atoms with van der Waals surface area (Å²) in [7, 11) is 0. The molecule has 0 bridgehead atoms. The standard InChI is InChI=1S/C31H28FNO3S2/c32-23-13-9-22(10-14-23)27(35)7-4-8-29-30(26-18-17-25(34)19-28(26)36)33(31(37)38-29)24-15-11-21(12-16-24)20-5-2-1-3-6-20/h1-3,5-6,9-19,27,29-30,34-36H,4,7-8H2/t27-,29-,30-/m1/s1. The van der Waals surface area contributed by atoms with E-state index in [-0.39, 0.29) is 28.6 Å². The zero-order valence-corrected chi connectivity index (χ0v) is 22.2. The normalized spacial score (nSPS) is 18.1. The van der Waals surface area contributed by atoms with E-state index >= 15 is 0 Å². The smallest absolute Gasteiger partial charge is 0.141 e. The van der Waals surface area contributed by atoms with Crippen LogP contribution in [0.3, 0.4) is 0 Å². The Balaban J connectivity index is 1.38. The Morgan fingerprint density at radius 1 is 0.868 bits per heavy atom. The lowest BCUT2D eigenvalue weighted by atomic mass is 9.95. The molecule has 4 aromatic rings. The maximum Gasteiger partial charge on any atom is 0.141 e. The van der Waals surface area contributed by atoms with Gasteiger partial charge in [-0.2, -0.15) is 0 Å². The molecule has 0 spiro atoms. The molecule has 0 unspecified atom stereocenters. The molecule has 1 aliphatic rings. The lowest BCUT2D eigenvalue weighted by Gasteiger charge is -2.30. The van der Waals surface area contributed by atoms with Crippen molar-refractivity contribution in [2.24, 2.45) is 0 Å². The van der Waals surface area contributed by atoms with Crippen LogP contribution in [0, 0.1) is 5.82 Å². The van der Waals surface area contributed by atoms with Gasteiger partial charge in [0.15, 0.2) is 0 Å². The minimum absolute atomic E-state index is 0.00258. The van der Waals surface area contributed by atoms with Crippen LogP contribution in [0.4, 0.5) is 10.1 Å². The summed E-state index contributed by atoms with van der Waals surface area (Å²) in [6.45, 7) is 0. The highest BCUT2D eigenvalue weighted by molar-refractivity contribution is 8.24. The number of rotatable bonds is 8. The first-order chi connectivity index (χ1) is 18.4. The molecule has 4 aromatic carbocycles. The summed E-state index contributed by atoms with van der Waals surface area (Å²) in [5.41, 5.74) is 4.53. The molecule has 4 nitrogen and oxygen atoms in total. The third-order valence-corrected chi connectivity index (χ3v) is 8.57. The Morgan fingerprint density at radius 2 is 1.55 bits per heavy atom. The molecule has 1 heterocycles. The number of aliphatic hydroxyl groups excluding tert-OH is 1. The SMILES string of the molecule is Oc1ccc([C@@H]2[C@@H](CCC[C@@H](O)c3ccc(F)cc3)SC(=S)N2c2ccc(-c3ccccc3)cc2)c(O)c1. The van der Waals surface area contributed by atoms with Crippen LogP contribution in [-0.4, -0.2) is 24.9 Å². The fourth-order valence-corrected chi connectivity index (χ4v) is 6.81. The third kappa shape index (κ3) is 5.70. The molecule has 0 aromatic heterocycles. The number of thioether (sulfide) groups is 1. The van der Waals surface area contributed by atoms with Gasteiger partial charge in [-0.3, -0.25) is 0 Å². The summed E-state index contributed by atoms with van der Waals surface area (Å²) in [5.74, 6) is -0.315. The van der Waals surface area contributed by atoms with Gasteiger partial charge in [0.05, 0.1) is 12.1 Å². The second kappa shape index (κ2) is 11.6. The van der Waals surface area contributed by atoms with E-state index < -0.39 is 6.10 Å². The number of aromatic hydroxyl groups is 2. The summed E-state index contributed by atoms with van der Waals surface area (Å²) in [4.78, 5) is 2.07. The minimum Gasteiger partial charge on any atom is -0.508 e. The maximum absolute atomic E-state index is 13.3. The van der Waals surface area contributed by atoms with Crippen molar-refractivity contribution < 1.29 is 19.7 Å². The van der Waals surface area contributed by atoms with Crippen LogP contribution < -0.4 is 4.90 Å². The number of hydrogen-bond donors (Lipinski definition) is 3. The lowest BCUT2D eigenvalue weighted by molar-refractivity contribution is 0.163. The van der Waals surface area contributed by atoms with Gasteiger partial charge in [0, 0.05) is 22.6 Å². The highest BCUT2D eigenvalue weighted by Gasteiger charge is 2.41. The number of hydrogen-bond acceptors (Lipinski definition) is 5. The summed E-state index contributed by atoms with van der Waals surface area (Å²) in [6, 6.07) is 28.7. The van der Waals surface area contributed by atoms with Crippen LogP contribution in [0.25, 0.3) is 11.1 Å². The van der Waals surface area contributed by atoms with E-state index in [1.807, 2.05) is 30.3 Å². The van der Waals surface area contributed by atoms with Crippen molar-refractivity contribution >= 4 is 34.0 Å². The van der Waals surface area contributed by atoms with E-state index in [4.69, 9.17) is 12.2 Å². The largest absolute Gasteiger partial charge is 0.508 e. The highest BCUT2D eigenvalue weighted by atomic mass is 32.2. The van der Waals surface area contributed by atoms with Crippen molar-refractivity contribution in [2.75, 3.05) is 4.90 Å². The molecule has 0 radical (unpaired) electrons. The average Bonchev–Trinajstić information content (AvgIpc) is 3.25. The zero-order valence-electron chi connectivity index (χ0n) is 20.6. The Kier molecular flexibility index (Phi) is 7.98. The number of thiocarbonyl (C=S) groups is 1. The molecule has 0 saturated carbocycles. The summed E-state index contributed by atoms with van der Waals surface area (Å²) >= 11 is 7.42. The predicted octanol–water partition coefficient (Wildman–Crippen LogP) is 7.76. The molecule has 5 rings (SSSR count). The highest BCUT2D eigenvalue weighted by Crippen LogP contribution is 2.49. The fraction of sp³-hybridized carbons (Fsp3) is 0.194. The van der Waals surface area contributed by atoms with Gasteiger partial charge >= 0.3 is 0 Å². The van der Waals surface area contributed by atoms with Gasteiger partial charge in [0.2, 0.25) is 0 Å². The van der Waals surface area contributed by atoms with E-state index in [2.05, 4.69) is 29.2 Å². The molecule has 38 heavy (non-hydrogen) atoms. The first kappa shape index (κ1) is 26.2. The van der Waals surface area contributed by atoms with Crippen LogP contribution in [0.1, 0.15) is 42.5 Å². The number of aliphatic hydroxyl groups is 1. The molecule has 194 valence electrons. The second-order valence-corrected chi connectivity index (χ2v) is 11.3. The van der Waals surface area contributed by atoms with Crippen molar-refractivity contribution in [2.45, 2.75) is 36.7 Å². The molecule has 3 N–H and O–H groups in total. The molecule has 0 aliphatic carbocycles. The number of phenolic OH excluding ortho intramolecular Hbond substituents is 2. The number of benzene rings is 4. The first-order valence-corrected chi connectivity index (χ1v) is 13.8. The molecule has 7 heteroatoms. The lowest BCUT2D eigenvalue weighted by Crippen LogP contribution is -2.29. The number of nitrogens with zero attached hydrogens (tertiary/aromatic N) is 1. The number of phenols is 2. The molecular weight excluding hydrogens is 517 g/mol. The van der Waals surface area contributed by atoms with Crippen LogP contribution >= 0.6 is 24.0 Å². The average molecular weight is 546 g/mol. The van der Waals surface area contributed by atoms with Crippen molar-refractivity contribution in [3.05, 3.63) is 114 Å². The summed E-state index contributed by atoms with van der Waals surface area (Å²) in [5, 5.41) is 31.3. The Morgan fingerprint density at radius 3 is 2.24 bits per heavy atom. The van der Waals surface area contributed by atoms with Gasteiger partial charge in [-0.1, -0.05) is 78.6 Å². The van der Waals surface area contributed by atoms with Gasteiger partial charge in [0.1, 0.15) is 21.6 Å². The van der Waals surface area contributed by atoms with Gasteiger partial charge < -0.3 is 20.2 Å². The molecular formula is C31H28FNO3S2. The molecule has 1 saturated heterocycles. The number of anilines is 1. The molecule has 1 fully saturated rings.